The van der Waals surface area contributed by atoms with Gasteiger partial charge in [-0.2, -0.15) is 0 Å². The lowest BCUT2D eigenvalue weighted by molar-refractivity contribution is -0.136. The van der Waals surface area contributed by atoms with Crippen LogP contribution in [0.4, 0.5) is 0 Å². The molecule has 6 nitrogen and oxygen atoms in total. The maximum atomic E-state index is 12.6. The SMILES string of the molecule is O=C1O[C@H](C(=O)N[C@@H]2CCN(Cc3ccccc3)C2=O)Cc2ccccc21. The van der Waals surface area contributed by atoms with Gasteiger partial charge < -0.3 is 15.0 Å². The minimum absolute atomic E-state index is 0.102. The molecule has 2 heterocycles. The van der Waals surface area contributed by atoms with Crippen LogP contribution in [0.15, 0.2) is 54.6 Å². The van der Waals surface area contributed by atoms with Gasteiger partial charge in [-0.1, -0.05) is 48.5 Å². The molecule has 2 amide bonds. The molecular weight excluding hydrogens is 344 g/mol. The topological polar surface area (TPSA) is 75.7 Å². The first-order chi connectivity index (χ1) is 13.1. The summed E-state index contributed by atoms with van der Waals surface area (Å²) in [5.74, 6) is -1.02. The monoisotopic (exact) mass is 364 g/mol. The van der Waals surface area contributed by atoms with Gasteiger partial charge in [0.2, 0.25) is 5.91 Å². The second kappa shape index (κ2) is 7.23. The number of amides is 2. The van der Waals surface area contributed by atoms with Gasteiger partial charge in [0.05, 0.1) is 5.56 Å². The van der Waals surface area contributed by atoms with Gasteiger partial charge in [-0.05, 0) is 23.6 Å². The summed E-state index contributed by atoms with van der Waals surface area (Å²) in [5.41, 5.74) is 2.33. The van der Waals surface area contributed by atoms with Crippen molar-refractivity contribution in [1.29, 1.82) is 0 Å². The lowest BCUT2D eigenvalue weighted by Gasteiger charge is -2.25. The highest BCUT2D eigenvalue weighted by molar-refractivity contribution is 5.97. The van der Waals surface area contributed by atoms with Gasteiger partial charge in [0.1, 0.15) is 6.04 Å². The molecule has 6 heteroatoms. The van der Waals surface area contributed by atoms with E-state index >= 15 is 0 Å². The van der Waals surface area contributed by atoms with Crippen molar-refractivity contribution in [2.75, 3.05) is 6.54 Å². The third kappa shape index (κ3) is 3.56. The highest BCUT2D eigenvalue weighted by Crippen LogP contribution is 2.21. The number of carbonyl (C=O) groups excluding carboxylic acids is 3. The number of esters is 1. The highest BCUT2D eigenvalue weighted by Gasteiger charge is 2.37. The molecule has 1 saturated heterocycles. The Hall–Kier alpha value is -3.15. The number of likely N-dealkylation sites (tertiary alicyclic amines) is 1. The van der Waals surface area contributed by atoms with Gasteiger partial charge >= 0.3 is 5.97 Å². The zero-order valence-corrected chi connectivity index (χ0v) is 14.8. The zero-order valence-electron chi connectivity index (χ0n) is 14.8. The molecular formula is C21H20N2O4. The van der Waals surface area contributed by atoms with E-state index in [0.717, 1.165) is 11.1 Å². The number of nitrogens with zero attached hydrogens (tertiary/aromatic N) is 1. The minimum atomic E-state index is -0.900. The van der Waals surface area contributed by atoms with Crippen molar-refractivity contribution in [3.05, 3.63) is 71.3 Å². The Kier molecular flexibility index (Phi) is 4.62. The third-order valence-corrected chi connectivity index (χ3v) is 5.01. The van der Waals surface area contributed by atoms with Gasteiger partial charge in [0.15, 0.2) is 6.10 Å². The Morgan fingerprint density at radius 1 is 1.07 bits per heavy atom. The van der Waals surface area contributed by atoms with Crippen LogP contribution >= 0.6 is 0 Å². The van der Waals surface area contributed by atoms with E-state index in [1.54, 1.807) is 17.0 Å². The second-order valence-corrected chi connectivity index (χ2v) is 6.85. The molecule has 0 radical (unpaired) electrons. The summed E-state index contributed by atoms with van der Waals surface area (Å²) in [5, 5.41) is 2.76. The number of hydrogen-bond acceptors (Lipinski definition) is 4. The number of ether oxygens (including phenoxy) is 1. The van der Waals surface area contributed by atoms with E-state index < -0.39 is 24.0 Å². The summed E-state index contributed by atoms with van der Waals surface area (Å²) < 4.78 is 5.27. The Morgan fingerprint density at radius 2 is 1.81 bits per heavy atom. The number of rotatable bonds is 4. The Bertz CT molecular complexity index is 881. The summed E-state index contributed by atoms with van der Waals surface area (Å²) in [6.45, 7) is 1.11. The number of nitrogens with one attached hydrogen (secondary N) is 1. The van der Waals surface area contributed by atoms with E-state index in [9.17, 15) is 14.4 Å². The quantitative estimate of drug-likeness (QED) is 0.838. The number of cyclic esters (lactones) is 1. The molecule has 2 aromatic carbocycles. The normalized spacial score (nSPS) is 21.6. The van der Waals surface area contributed by atoms with Crippen molar-refractivity contribution in [3.8, 4) is 0 Å². The fourth-order valence-electron chi connectivity index (χ4n) is 3.58. The maximum absolute atomic E-state index is 12.6. The van der Waals surface area contributed by atoms with E-state index in [4.69, 9.17) is 4.74 Å². The summed E-state index contributed by atoms with van der Waals surface area (Å²) in [6, 6.07) is 16.3. The molecule has 2 aliphatic heterocycles. The molecule has 27 heavy (non-hydrogen) atoms. The lowest BCUT2D eigenvalue weighted by atomic mass is 9.98. The van der Waals surface area contributed by atoms with Gasteiger partial charge in [0, 0.05) is 19.5 Å². The van der Waals surface area contributed by atoms with Gasteiger partial charge in [-0.25, -0.2) is 4.79 Å². The number of benzene rings is 2. The Labute approximate surface area is 157 Å². The first-order valence-electron chi connectivity index (χ1n) is 9.04. The first kappa shape index (κ1) is 17.3. The molecule has 0 aromatic heterocycles. The molecule has 4 rings (SSSR count). The van der Waals surface area contributed by atoms with E-state index in [1.807, 2.05) is 42.5 Å². The molecule has 0 bridgehead atoms. The molecule has 0 aliphatic carbocycles. The van der Waals surface area contributed by atoms with Crippen LogP contribution in [0.5, 0.6) is 0 Å². The van der Waals surface area contributed by atoms with Gasteiger partial charge in [-0.15, -0.1) is 0 Å². The van der Waals surface area contributed by atoms with Crippen LogP contribution in [0.1, 0.15) is 27.9 Å². The fourth-order valence-corrected chi connectivity index (χ4v) is 3.58. The van der Waals surface area contributed by atoms with Crippen LogP contribution in [0, 0.1) is 0 Å². The molecule has 2 aliphatic rings. The Morgan fingerprint density at radius 3 is 2.63 bits per heavy atom. The first-order valence-corrected chi connectivity index (χ1v) is 9.04. The molecule has 1 N–H and O–H groups in total. The smallest absolute Gasteiger partial charge is 0.339 e. The molecule has 1 fully saturated rings. The van der Waals surface area contributed by atoms with E-state index in [1.165, 1.54) is 0 Å². The maximum Gasteiger partial charge on any atom is 0.339 e. The van der Waals surface area contributed by atoms with E-state index in [2.05, 4.69) is 5.32 Å². The highest BCUT2D eigenvalue weighted by atomic mass is 16.5. The van der Waals surface area contributed by atoms with Crippen molar-refractivity contribution in [3.63, 3.8) is 0 Å². The van der Waals surface area contributed by atoms with Crippen molar-refractivity contribution in [2.45, 2.75) is 31.5 Å². The molecule has 2 aromatic rings. The average Bonchev–Trinajstić information content (AvgIpc) is 3.02. The van der Waals surface area contributed by atoms with E-state index in [0.29, 0.717) is 31.5 Å². The van der Waals surface area contributed by atoms with Crippen molar-refractivity contribution >= 4 is 17.8 Å². The number of carbonyl (C=O) groups is 3. The van der Waals surface area contributed by atoms with Crippen LogP contribution in [-0.4, -0.2) is 41.4 Å². The predicted octanol–water partition coefficient (Wildman–Crippen LogP) is 1.69. The average molecular weight is 364 g/mol. The number of hydrogen-bond donors (Lipinski definition) is 1. The standard InChI is InChI=1S/C21H20N2O4/c24-19(18-12-15-8-4-5-9-16(15)21(26)27-18)22-17-10-11-23(20(17)25)13-14-6-2-1-3-7-14/h1-9,17-18H,10-13H2,(H,22,24)/t17-,18+/m1/s1. The van der Waals surface area contributed by atoms with Crippen molar-refractivity contribution in [1.82, 2.24) is 10.2 Å². The largest absolute Gasteiger partial charge is 0.448 e. The summed E-state index contributed by atoms with van der Waals surface area (Å²) >= 11 is 0. The zero-order chi connectivity index (χ0) is 18.8. The predicted molar refractivity (Wildman–Crippen MR) is 97.8 cm³/mol. The molecule has 138 valence electrons. The van der Waals surface area contributed by atoms with Gasteiger partial charge in [0.25, 0.3) is 5.91 Å². The van der Waals surface area contributed by atoms with Crippen LogP contribution in [0.3, 0.4) is 0 Å². The third-order valence-electron chi connectivity index (χ3n) is 5.01. The Balaban J connectivity index is 1.38. The van der Waals surface area contributed by atoms with Crippen LogP contribution < -0.4 is 5.32 Å². The van der Waals surface area contributed by atoms with Crippen molar-refractivity contribution in [2.24, 2.45) is 0 Å². The van der Waals surface area contributed by atoms with Crippen LogP contribution in [-0.2, 0) is 27.3 Å². The van der Waals surface area contributed by atoms with Crippen LogP contribution in [0.25, 0.3) is 0 Å². The van der Waals surface area contributed by atoms with Crippen LogP contribution in [0.2, 0.25) is 0 Å². The summed E-state index contributed by atoms with van der Waals surface area (Å²) in [6.07, 6.45) is -0.0276. The second-order valence-electron chi connectivity index (χ2n) is 6.85. The molecule has 0 unspecified atom stereocenters. The lowest BCUT2D eigenvalue weighted by Crippen LogP contribution is -2.48. The molecule has 2 atom stereocenters. The summed E-state index contributed by atoms with van der Waals surface area (Å²) in [4.78, 5) is 39.0. The summed E-state index contributed by atoms with van der Waals surface area (Å²) in [7, 11) is 0. The van der Waals surface area contributed by atoms with Gasteiger partial charge in [-0.3, -0.25) is 9.59 Å². The van der Waals surface area contributed by atoms with Crippen molar-refractivity contribution < 1.29 is 19.1 Å². The molecule has 0 spiro atoms. The fraction of sp³-hybridized carbons (Fsp3) is 0.286. The minimum Gasteiger partial charge on any atom is -0.448 e. The van der Waals surface area contributed by atoms with E-state index in [-0.39, 0.29) is 5.91 Å². The number of fused-ring (bicyclic) bond motifs is 1. The molecule has 0 saturated carbocycles.